The summed E-state index contributed by atoms with van der Waals surface area (Å²) in [5.41, 5.74) is 5.51. The van der Waals surface area contributed by atoms with Crippen LogP contribution in [0.15, 0.2) is 0 Å². The molecule has 4 N–H and O–H groups in total. The van der Waals surface area contributed by atoms with Gasteiger partial charge in [-0.05, 0) is 20.8 Å². The van der Waals surface area contributed by atoms with Crippen LogP contribution in [-0.2, 0) is 6.42 Å². The molecule has 0 aromatic carbocycles. The van der Waals surface area contributed by atoms with E-state index in [-0.39, 0.29) is 5.54 Å². The Hall–Kier alpha value is -1.10. The van der Waals surface area contributed by atoms with Gasteiger partial charge in [-0.3, -0.25) is 5.10 Å². The van der Waals surface area contributed by atoms with E-state index in [1.165, 1.54) is 0 Å². The zero-order valence-corrected chi connectivity index (χ0v) is 8.39. The maximum atomic E-state index is 5.36. The van der Waals surface area contributed by atoms with Gasteiger partial charge >= 0.3 is 0 Å². The summed E-state index contributed by atoms with van der Waals surface area (Å²) in [4.78, 5) is 4.00. The third-order valence-electron chi connectivity index (χ3n) is 1.57. The molecule has 0 amide bonds. The number of nitrogens with one attached hydrogen (secondary N) is 2. The lowest BCUT2D eigenvalue weighted by Gasteiger charge is -2.19. The average Bonchev–Trinajstić information content (AvgIpc) is 2.33. The Morgan fingerprint density at radius 2 is 2.15 bits per heavy atom. The quantitative estimate of drug-likeness (QED) is 0.630. The molecule has 0 saturated heterocycles. The highest BCUT2D eigenvalue weighted by molar-refractivity contribution is 5.12. The summed E-state index contributed by atoms with van der Waals surface area (Å²) >= 11 is 0. The Bertz CT molecular complexity index is 260. The van der Waals surface area contributed by atoms with E-state index in [0.717, 1.165) is 18.8 Å². The van der Waals surface area contributed by atoms with E-state index in [1.807, 2.05) is 0 Å². The van der Waals surface area contributed by atoms with Crippen LogP contribution in [0, 0.1) is 0 Å². The lowest BCUT2D eigenvalue weighted by molar-refractivity contribution is 0.427. The van der Waals surface area contributed by atoms with E-state index in [4.69, 9.17) is 5.73 Å². The number of nitrogens with two attached hydrogens (primary N) is 1. The molecule has 0 saturated carbocycles. The minimum Gasteiger partial charge on any atom is -0.367 e. The molecule has 0 fully saturated rings. The second-order valence-electron chi connectivity index (χ2n) is 4.07. The molecule has 0 radical (unpaired) electrons. The number of nitrogens with zero attached hydrogens (tertiary/aromatic N) is 2. The van der Waals surface area contributed by atoms with E-state index in [1.54, 1.807) is 0 Å². The summed E-state index contributed by atoms with van der Waals surface area (Å²) in [5.74, 6) is 1.14. The van der Waals surface area contributed by atoms with Crippen molar-refractivity contribution in [2.75, 3.05) is 12.3 Å². The van der Waals surface area contributed by atoms with Gasteiger partial charge in [-0.15, -0.1) is 5.10 Å². The molecule has 0 aliphatic heterocycles. The molecule has 13 heavy (non-hydrogen) atoms. The van der Waals surface area contributed by atoms with Crippen LogP contribution in [0.1, 0.15) is 26.6 Å². The Morgan fingerprint density at radius 1 is 1.46 bits per heavy atom. The number of nitrogen functional groups attached to an aromatic ring is 1. The summed E-state index contributed by atoms with van der Waals surface area (Å²) < 4.78 is 0. The lowest BCUT2D eigenvalue weighted by Crippen LogP contribution is -2.37. The van der Waals surface area contributed by atoms with Gasteiger partial charge in [0.1, 0.15) is 5.82 Å². The predicted molar refractivity (Wildman–Crippen MR) is 52.3 cm³/mol. The predicted octanol–water partition coefficient (Wildman–Crippen LogP) is 0.318. The first-order valence-corrected chi connectivity index (χ1v) is 4.39. The molecule has 5 heteroatoms. The number of rotatable bonds is 3. The molecule has 0 aliphatic carbocycles. The van der Waals surface area contributed by atoms with Gasteiger partial charge in [-0.2, -0.15) is 4.98 Å². The van der Waals surface area contributed by atoms with Gasteiger partial charge in [0.15, 0.2) is 0 Å². The number of hydrogen-bond acceptors (Lipinski definition) is 4. The second kappa shape index (κ2) is 3.74. The third kappa shape index (κ3) is 3.89. The first kappa shape index (κ1) is 9.98. The van der Waals surface area contributed by atoms with Crippen molar-refractivity contribution in [2.45, 2.75) is 32.7 Å². The number of anilines is 1. The monoisotopic (exact) mass is 183 g/mol. The van der Waals surface area contributed by atoms with Gasteiger partial charge in [-0.1, -0.05) is 0 Å². The highest BCUT2D eigenvalue weighted by Gasteiger charge is 2.08. The first-order valence-electron chi connectivity index (χ1n) is 4.39. The van der Waals surface area contributed by atoms with E-state index < -0.39 is 0 Å². The second-order valence-corrected chi connectivity index (χ2v) is 4.07. The summed E-state index contributed by atoms with van der Waals surface area (Å²) in [6.45, 7) is 7.25. The standard InChI is InChI=1S/C8H17N5/c1-8(2,3)10-5-4-6-11-7(9)13-12-6/h10H,4-5H2,1-3H3,(H3,9,11,12,13). The third-order valence-corrected chi connectivity index (χ3v) is 1.57. The highest BCUT2D eigenvalue weighted by atomic mass is 15.3. The zero-order chi connectivity index (χ0) is 9.90. The highest BCUT2D eigenvalue weighted by Crippen LogP contribution is 1.99. The minimum absolute atomic E-state index is 0.144. The van der Waals surface area contributed by atoms with Gasteiger partial charge < -0.3 is 11.1 Å². The normalized spacial score (nSPS) is 11.9. The van der Waals surface area contributed by atoms with Crippen LogP contribution >= 0.6 is 0 Å². The molecule has 0 aliphatic rings. The van der Waals surface area contributed by atoms with Gasteiger partial charge in [0.05, 0.1) is 0 Å². The molecule has 1 aromatic rings. The largest absolute Gasteiger partial charge is 0.367 e. The minimum atomic E-state index is 0.144. The average molecular weight is 183 g/mol. The molecule has 0 spiro atoms. The zero-order valence-electron chi connectivity index (χ0n) is 8.39. The van der Waals surface area contributed by atoms with Gasteiger partial charge in [-0.25, -0.2) is 0 Å². The Morgan fingerprint density at radius 3 is 2.62 bits per heavy atom. The summed E-state index contributed by atoms with van der Waals surface area (Å²) in [5, 5.41) is 9.86. The van der Waals surface area contributed by atoms with Crippen LogP contribution in [-0.4, -0.2) is 27.3 Å². The van der Waals surface area contributed by atoms with E-state index >= 15 is 0 Å². The fourth-order valence-corrected chi connectivity index (χ4v) is 0.978. The molecule has 74 valence electrons. The van der Waals surface area contributed by atoms with Crippen LogP contribution in [0.3, 0.4) is 0 Å². The van der Waals surface area contributed by atoms with Crippen molar-refractivity contribution in [1.29, 1.82) is 0 Å². The molecular formula is C8H17N5. The summed E-state index contributed by atoms with van der Waals surface area (Å²) in [6, 6.07) is 0. The van der Waals surface area contributed by atoms with E-state index in [9.17, 15) is 0 Å². The van der Waals surface area contributed by atoms with Gasteiger partial charge in [0, 0.05) is 18.5 Å². The van der Waals surface area contributed by atoms with Crippen molar-refractivity contribution < 1.29 is 0 Å². The van der Waals surface area contributed by atoms with Crippen LogP contribution in [0.5, 0.6) is 0 Å². The SMILES string of the molecule is CC(C)(C)NCCc1nc(N)n[nH]1. The van der Waals surface area contributed by atoms with Gasteiger partial charge in [0.25, 0.3) is 0 Å². The van der Waals surface area contributed by atoms with Crippen LogP contribution in [0.4, 0.5) is 5.95 Å². The first-order chi connectivity index (χ1) is 5.97. The number of hydrogen-bond donors (Lipinski definition) is 3. The summed E-state index contributed by atoms with van der Waals surface area (Å²) in [7, 11) is 0. The molecular weight excluding hydrogens is 166 g/mol. The van der Waals surface area contributed by atoms with Crippen LogP contribution in [0.2, 0.25) is 0 Å². The summed E-state index contributed by atoms with van der Waals surface area (Å²) in [6.07, 6.45) is 0.821. The molecule has 5 nitrogen and oxygen atoms in total. The smallest absolute Gasteiger partial charge is 0.239 e. The lowest BCUT2D eigenvalue weighted by atomic mass is 10.1. The van der Waals surface area contributed by atoms with Crippen molar-refractivity contribution in [3.8, 4) is 0 Å². The van der Waals surface area contributed by atoms with Crippen molar-refractivity contribution in [3.05, 3.63) is 5.82 Å². The van der Waals surface area contributed by atoms with Gasteiger partial charge in [0.2, 0.25) is 5.95 Å². The number of aromatic nitrogens is 3. The Balaban J connectivity index is 2.28. The molecule has 0 atom stereocenters. The van der Waals surface area contributed by atoms with Crippen molar-refractivity contribution in [2.24, 2.45) is 0 Å². The van der Waals surface area contributed by atoms with Crippen molar-refractivity contribution in [3.63, 3.8) is 0 Å². The van der Waals surface area contributed by atoms with Crippen LogP contribution in [0.25, 0.3) is 0 Å². The number of H-pyrrole nitrogens is 1. The van der Waals surface area contributed by atoms with E-state index in [0.29, 0.717) is 5.95 Å². The Kier molecular flexibility index (Phi) is 2.87. The molecule has 0 unspecified atom stereocenters. The molecule has 1 heterocycles. The fraction of sp³-hybridized carbons (Fsp3) is 0.750. The molecule has 1 aromatic heterocycles. The van der Waals surface area contributed by atoms with Crippen LogP contribution < -0.4 is 11.1 Å². The molecule has 1 rings (SSSR count). The fourth-order valence-electron chi connectivity index (χ4n) is 0.978. The maximum absolute atomic E-state index is 5.36. The van der Waals surface area contributed by atoms with Crippen molar-refractivity contribution in [1.82, 2.24) is 20.5 Å². The van der Waals surface area contributed by atoms with Crippen molar-refractivity contribution >= 4 is 5.95 Å². The maximum Gasteiger partial charge on any atom is 0.239 e. The molecule has 0 bridgehead atoms. The topological polar surface area (TPSA) is 79.6 Å². The van der Waals surface area contributed by atoms with E-state index in [2.05, 4.69) is 41.3 Å². The Labute approximate surface area is 78.1 Å². The number of aromatic amines is 1.